The van der Waals surface area contributed by atoms with Gasteiger partial charge in [-0.15, -0.1) is 0 Å². The van der Waals surface area contributed by atoms with Crippen molar-refractivity contribution in [2.45, 2.75) is 32.7 Å². The summed E-state index contributed by atoms with van der Waals surface area (Å²) in [4.78, 5) is 0. The monoisotopic (exact) mass is 225 g/mol. The number of rotatable bonds is 9. The zero-order chi connectivity index (χ0) is 11.6. The maximum Gasteiger partial charge on any atom is 0.0587 e. The average molecular weight is 225 g/mol. The molecule has 0 spiro atoms. The van der Waals surface area contributed by atoms with Gasteiger partial charge in [-0.05, 0) is 31.9 Å². The second-order valence-corrected chi connectivity index (χ2v) is 3.89. The molecule has 1 aromatic heterocycles. The summed E-state index contributed by atoms with van der Waals surface area (Å²) in [6.45, 7) is 5.97. The Labute approximate surface area is 98.0 Å². The van der Waals surface area contributed by atoms with E-state index in [1.165, 1.54) is 5.69 Å². The summed E-state index contributed by atoms with van der Waals surface area (Å²) in [6.07, 6.45) is 5.28. The largest absolute Gasteiger partial charge is 0.383 e. The molecule has 16 heavy (non-hydrogen) atoms. The van der Waals surface area contributed by atoms with Gasteiger partial charge in [-0.3, -0.25) is 4.68 Å². The van der Waals surface area contributed by atoms with Gasteiger partial charge in [0, 0.05) is 32.1 Å². The number of hydrogen-bond donors (Lipinski definition) is 1. The van der Waals surface area contributed by atoms with Gasteiger partial charge in [0.15, 0.2) is 0 Å². The molecular formula is C12H23N3O. The number of ether oxygens (including phenoxy) is 1. The Balaban J connectivity index is 2.13. The Morgan fingerprint density at radius 3 is 3.06 bits per heavy atom. The zero-order valence-corrected chi connectivity index (χ0v) is 10.4. The van der Waals surface area contributed by atoms with Crippen molar-refractivity contribution in [2.75, 3.05) is 26.8 Å². The molecule has 0 aliphatic rings. The van der Waals surface area contributed by atoms with Crippen molar-refractivity contribution < 1.29 is 4.74 Å². The molecular weight excluding hydrogens is 202 g/mol. The van der Waals surface area contributed by atoms with Gasteiger partial charge in [-0.2, -0.15) is 5.10 Å². The molecule has 0 unspecified atom stereocenters. The second kappa shape index (κ2) is 8.30. The lowest BCUT2D eigenvalue weighted by Gasteiger charge is -2.06. The first kappa shape index (κ1) is 13.2. The lowest BCUT2D eigenvalue weighted by Crippen LogP contribution is -2.21. The molecule has 1 aromatic rings. The molecule has 0 amide bonds. The summed E-state index contributed by atoms with van der Waals surface area (Å²) in [5, 5.41) is 7.66. The Kier molecular flexibility index (Phi) is 6.85. The fourth-order valence-corrected chi connectivity index (χ4v) is 1.68. The molecule has 0 saturated heterocycles. The fraction of sp³-hybridized carbons (Fsp3) is 0.750. The first-order valence-corrected chi connectivity index (χ1v) is 6.08. The standard InChI is InChI=1S/C12H23N3O/c1-3-10-15-12(6-8-14-15)5-4-7-13-9-11-16-2/h6,8,13H,3-5,7,9-11H2,1-2H3. The molecule has 0 aliphatic heterocycles. The summed E-state index contributed by atoms with van der Waals surface area (Å²) in [5.41, 5.74) is 1.34. The topological polar surface area (TPSA) is 39.1 Å². The molecule has 0 aromatic carbocycles. The molecule has 0 fully saturated rings. The summed E-state index contributed by atoms with van der Waals surface area (Å²) < 4.78 is 7.08. The van der Waals surface area contributed by atoms with E-state index in [2.05, 4.69) is 28.1 Å². The number of hydrogen-bond acceptors (Lipinski definition) is 3. The average Bonchev–Trinajstić information content (AvgIpc) is 2.72. The van der Waals surface area contributed by atoms with Gasteiger partial charge in [-0.25, -0.2) is 0 Å². The first-order valence-electron chi connectivity index (χ1n) is 6.08. The van der Waals surface area contributed by atoms with E-state index in [1.807, 2.05) is 6.20 Å². The highest BCUT2D eigenvalue weighted by molar-refractivity contribution is 5.00. The number of aryl methyl sites for hydroxylation is 2. The smallest absolute Gasteiger partial charge is 0.0587 e. The zero-order valence-electron chi connectivity index (χ0n) is 10.4. The molecule has 1 heterocycles. The molecule has 0 bridgehead atoms. The van der Waals surface area contributed by atoms with Crippen molar-refractivity contribution in [3.05, 3.63) is 18.0 Å². The number of aromatic nitrogens is 2. The van der Waals surface area contributed by atoms with Crippen LogP contribution in [0.2, 0.25) is 0 Å². The van der Waals surface area contributed by atoms with Crippen LogP contribution in [0.15, 0.2) is 12.3 Å². The van der Waals surface area contributed by atoms with Crippen LogP contribution in [-0.2, 0) is 17.7 Å². The Morgan fingerprint density at radius 1 is 1.44 bits per heavy atom. The summed E-state index contributed by atoms with van der Waals surface area (Å²) in [6, 6.07) is 2.12. The van der Waals surface area contributed by atoms with Crippen molar-refractivity contribution in [1.29, 1.82) is 0 Å². The van der Waals surface area contributed by atoms with E-state index in [-0.39, 0.29) is 0 Å². The molecule has 1 rings (SSSR count). The van der Waals surface area contributed by atoms with Crippen LogP contribution in [0.5, 0.6) is 0 Å². The van der Waals surface area contributed by atoms with Crippen molar-refractivity contribution >= 4 is 0 Å². The van der Waals surface area contributed by atoms with Gasteiger partial charge in [0.05, 0.1) is 6.61 Å². The SMILES string of the molecule is CCCn1nccc1CCCNCCOC. The van der Waals surface area contributed by atoms with E-state index in [9.17, 15) is 0 Å². The minimum absolute atomic E-state index is 0.785. The molecule has 0 aliphatic carbocycles. The van der Waals surface area contributed by atoms with Crippen molar-refractivity contribution in [2.24, 2.45) is 0 Å². The van der Waals surface area contributed by atoms with Crippen molar-refractivity contribution in [1.82, 2.24) is 15.1 Å². The predicted octanol–water partition coefficient (Wildman–Crippen LogP) is 1.46. The van der Waals surface area contributed by atoms with E-state index in [4.69, 9.17) is 4.74 Å². The van der Waals surface area contributed by atoms with Crippen LogP contribution in [0.4, 0.5) is 0 Å². The maximum absolute atomic E-state index is 4.97. The second-order valence-electron chi connectivity index (χ2n) is 3.89. The maximum atomic E-state index is 4.97. The highest BCUT2D eigenvalue weighted by atomic mass is 16.5. The fourth-order valence-electron chi connectivity index (χ4n) is 1.68. The highest BCUT2D eigenvalue weighted by Gasteiger charge is 2.00. The summed E-state index contributed by atoms with van der Waals surface area (Å²) in [5.74, 6) is 0. The van der Waals surface area contributed by atoms with Crippen molar-refractivity contribution in [3.8, 4) is 0 Å². The lowest BCUT2D eigenvalue weighted by atomic mass is 10.2. The van der Waals surface area contributed by atoms with E-state index < -0.39 is 0 Å². The molecule has 0 atom stereocenters. The number of nitrogens with zero attached hydrogens (tertiary/aromatic N) is 2. The van der Waals surface area contributed by atoms with Crippen LogP contribution in [-0.4, -0.2) is 36.6 Å². The van der Waals surface area contributed by atoms with Gasteiger partial charge < -0.3 is 10.1 Å². The third-order valence-corrected chi connectivity index (χ3v) is 2.51. The van der Waals surface area contributed by atoms with Crippen LogP contribution in [0.25, 0.3) is 0 Å². The molecule has 1 N–H and O–H groups in total. The molecule has 0 saturated carbocycles. The quantitative estimate of drug-likeness (QED) is 0.647. The van der Waals surface area contributed by atoms with Crippen LogP contribution < -0.4 is 5.32 Å². The Hall–Kier alpha value is -0.870. The molecule has 4 nitrogen and oxygen atoms in total. The van der Waals surface area contributed by atoms with E-state index >= 15 is 0 Å². The minimum atomic E-state index is 0.785. The predicted molar refractivity (Wildman–Crippen MR) is 65.6 cm³/mol. The third kappa shape index (κ3) is 4.77. The molecule has 4 heteroatoms. The molecule has 0 radical (unpaired) electrons. The van der Waals surface area contributed by atoms with Gasteiger partial charge in [0.25, 0.3) is 0 Å². The van der Waals surface area contributed by atoms with E-state index in [0.717, 1.165) is 45.5 Å². The van der Waals surface area contributed by atoms with Crippen molar-refractivity contribution in [3.63, 3.8) is 0 Å². The van der Waals surface area contributed by atoms with E-state index in [1.54, 1.807) is 7.11 Å². The van der Waals surface area contributed by atoms with Gasteiger partial charge >= 0.3 is 0 Å². The summed E-state index contributed by atoms with van der Waals surface area (Å²) >= 11 is 0. The van der Waals surface area contributed by atoms with Crippen LogP contribution >= 0.6 is 0 Å². The normalized spacial score (nSPS) is 10.9. The van der Waals surface area contributed by atoms with E-state index in [0.29, 0.717) is 0 Å². The highest BCUT2D eigenvalue weighted by Crippen LogP contribution is 2.03. The van der Waals surface area contributed by atoms with Crippen LogP contribution in [0.1, 0.15) is 25.5 Å². The molecule has 92 valence electrons. The minimum Gasteiger partial charge on any atom is -0.383 e. The first-order chi connectivity index (χ1) is 7.88. The van der Waals surface area contributed by atoms with Gasteiger partial charge in [-0.1, -0.05) is 6.92 Å². The summed E-state index contributed by atoms with van der Waals surface area (Å²) in [7, 11) is 1.73. The van der Waals surface area contributed by atoms with Gasteiger partial charge in [0.1, 0.15) is 0 Å². The van der Waals surface area contributed by atoms with Crippen LogP contribution in [0.3, 0.4) is 0 Å². The lowest BCUT2D eigenvalue weighted by molar-refractivity contribution is 0.199. The Bertz CT molecular complexity index is 273. The number of nitrogens with one attached hydrogen (secondary N) is 1. The van der Waals surface area contributed by atoms with Crippen LogP contribution in [0, 0.1) is 0 Å². The third-order valence-electron chi connectivity index (χ3n) is 2.51. The number of methoxy groups -OCH3 is 1. The Morgan fingerprint density at radius 2 is 2.31 bits per heavy atom. The van der Waals surface area contributed by atoms with Gasteiger partial charge in [0.2, 0.25) is 0 Å².